The number of halogens is 6. The van der Waals surface area contributed by atoms with E-state index < -0.39 is 45.1 Å². The number of alkyl halides is 5. The third kappa shape index (κ3) is 6.47. The van der Waals surface area contributed by atoms with Gasteiger partial charge in [-0.05, 0) is 48.2 Å². The number of hydrogen-bond donors (Lipinski definition) is 1. The molecule has 1 aromatic heterocycles. The molecule has 1 amide bonds. The summed E-state index contributed by atoms with van der Waals surface area (Å²) in [5.41, 5.74) is 1.43. The van der Waals surface area contributed by atoms with E-state index in [1.165, 1.54) is 22.9 Å². The first kappa shape index (κ1) is 28.7. The van der Waals surface area contributed by atoms with Crippen molar-refractivity contribution in [1.82, 2.24) is 14.9 Å². The maximum Gasteiger partial charge on any atom is 0.405 e. The smallest absolute Gasteiger partial charge is 0.342 e. The summed E-state index contributed by atoms with van der Waals surface area (Å²) < 4.78 is 63.5. The van der Waals surface area contributed by atoms with E-state index in [0.717, 1.165) is 12.7 Å². The van der Waals surface area contributed by atoms with Gasteiger partial charge in [0.2, 0.25) is 0 Å². The molecular formula is C25H23Cl3F3N3O3S. The van der Waals surface area contributed by atoms with E-state index >= 15 is 0 Å². The molecule has 1 N–H and O–H groups in total. The van der Waals surface area contributed by atoms with Crippen LogP contribution in [0, 0.1) is 0 Å². The van der Waals surface area contributed by atoms with E-state index in [2.05, 4.69) is 4.98 Å². The number of carbonyl (C=O) groups excluding carboxylic acids is 1. The Labute approximate surface area is 233 Å². The van der Waals surface area contributed by atoms with E-state index in [-0.39, 0.29) is 15.6 Å². The summed E-state index contributed by atoms with van der Waals surface area (Å²) in [6, 6.07) is 11.4. The molecule has 2 aromatic carbocycles. The van der Waals surface area contributed by atoms with Crippen molar-refractivity contribution in [3.8, 4) is 16.8 Å². The fourth-order valence-electron chi connectivity index (χ4n) is 4.41. The fourth-order valence-corrected chi connectivity index (χ4v) is 6.31. The third-order valence-corrected chi connectivity index (χ3v) is 8.65. The lowest BCUT2D eigenvalue weighted by molar-refractivity contribution is -0.123. The second kappa shape index (κ2) is 11.1. The average Bonchev–Trinajstić information content (AvgIpc) is 3.26. The molecule has 1 saturated carbocycles. The zero-order valence-corrected chi connectivity index (χ0v) is 23.1. The maximum atomic E-state index is 12.7. The number of benzene rings is 2. The van der Waals surface area contributed by atoms with Crippen LogP contribution in [0.2, 0.25) is 5.02 Å². The number of carbonyl (C=O) groups is 1. The Bertz CT molecular complexity index is 1450. The first-order valence-corrected chi connectivity index (χ1v) is 14.7. The van der Waals surface area contributed by atoms with Crippen molar-refractivity contribution in [1.29, 1.82) is 0 Å². The quantitative estimate of drug-likeness (QED) is 0.330. The number of rotatable bonds is 6. The number of nitrogens with one attached hydrogen (secondary N) is 1. The van der Waals surface area contributed by atoms with Crippen molar-refractivity contribution in [2.24, 2.45) is 0 Å². The highest BCUT2D eigenvalue weighted by atomic mass is 35.5. The van der Waals surface area contributed by atoms with Crippen LogP contribution in [0.15, 0.2) is 53.6 Å². The predicted molar refractivity (Wildman–Crippen MR) is 141 cm³/mol. The molecule has 1 heterocycles. The van der Waals surface area contributed by atoms with Crippen LogP contribution in [0.25, 0.3) is 16.8 Å². The lowest BCUT2D eigenvalue weighted by Crippen LogP contribution is -2.34. The van der Waals surface area contributed by atoms with Crippen molar-refractivity contribution in [2.75, 3.05) is 12.8 Å². The topological polar surface area (TPSA) is 81.1 Å². The number of nitrogens with zero attached hydrogens (tertiary/aromatic N) is 2. The highest BCUT2D eigenvalue weighted by Gasteiger charge is 2.37. The van der Waals surface area contributed by atoms with Gasteiger partial charge >= 0.3 is 6.18 Å². The van der Waals surface area contributed by atoms with Gasteiger partial charge in [0.1, 0.15) is 18.1 Å². The van der Waals surface area contributed by atoms with Gasteiger partial charge in [0.15, 0.2) is 9.84 Å². The average molecular weight is 609 g/mol. The van der Waals surface area contributed by atoms with Gasteiger partial charge < -0.3 is 9.88 Å². The van der Waals surface area contributed by atoms with E-state index in [1.807, 2.05) is 5.32 Å². The molecule has 0 aliphatic heterocycles. The Morgan fingerprint density at radius 1 is 1.11 bits per heavy atom. The standard InChI is InChI=1S/C25H23Cl3F3N3O3S/c1-38(36,37)16-5-2-4-14(10-16)15-8-9-21(19(28)11-15)34-12-20(24(35)32-13-25(29,30)31)33-23(34)22-17(26)6-3-7-18(22)27/h2,4-5,8-12,17-18,22H,3,6-7,13H2,1H3,(H,32,35)/t17-,18?,22?/m0/s1. The van der Waals surface area contributed by atoms with Crippen molar-refractivity contribution >= 4 is 50.5 Å². The SMILES string of the molecule is CS(=O)(=O)c1cccc(-c2ccc(-n3cc(C(=O)NCC(F)(F)F)nc3C3C(Cl)CCC[C@@H]3Cl)c(Cl)c2)c1. The van der Waals surface area contributed by atoms with E-state index in [9.17, 15) is 26.4 Å². The van der Waals surface area contributed by atoms with Crippen LogP contribution in [-0.2, 0) is 9.84 Å². The van der Waals surface area contributed by atoms with Gasteiger partial charge in [-0.2, -0.15) is 13.2 Å². The van der Waals surface area contributed by atoms with Crippen LogP contribution in [0.5, 0.6) is 0 Å². The molecule has 204 valence electrons. The first-order chi connectivity index (χ1) is 17.7. The highest BCUT2D eigenvalue weighted by molar-refractivity contribution is 7.90. The van der Waals surface area contributed by atoms with Crippen LogP contribution in [-0.4, -0.2) is 53.6 Å². The van der Waals surface area contributed by atoms with Gasteiger partial charge in [0, 0.05) is 23.2 Å². The monoisotopic (exact) mass is 607 g/mol. The lowest BCUT2D eigenvalue weighted by atomic mass is 9.87. The summed E-state index contributed by atoms with van der Waals surface area (Å²) in [5, 5.41) is 1.25. The van der Waals surface area contributed by atoms with Crippen LogP contribution >= 0.6 is 34.8 Å². The maximum absolute atomic E-state index is 12.7. The molecule has 0 spiro atoms. The number of amides is 1. The molecule has 38 heavy (non-hydrogen) atoms. The Morgan fingerprint density at radius 3 is 2.37 bits per heavy atom. The van der Waals surface area contributed by atoms with Crippen molar-refractivity contribution < 1.29 is 26.4 Å². The number of hydrogen-bond acceptors (Lipinski definition) is 4. The zero-order valence-electron chi connectivity index (χ0n) is 20.0. The predicted octanol–water partition coefficient (Wildman–Crippen LogP) is 6.37. The van der Waals surface area contributed by atoms with Gasteiger partial charge in [0.05, 0.1) is 21.5 Å². The minimum Gasteiger partial charge on any atom is -0.342 e. The second-order valence-electron chi connectivity index (χ2n) is 9.11. The van der Waals surface area contributed by atoms with Gasteiger partial charge in [0.25, 0.3) is 5.91 Å². The summed E-state index contributed by atoms with van der Waals surface area (Å²) >= 11 is 19.9. The van der Waals surface area contributed by atoms with Crippen LogP contribution in [0.1, 0.15) is 41.5 Å². The number of sulfone groups is 1. The van der Waals surface area contributed by atoms with Crippen molar-refractivity contribution in [3.63, 3.8) is 0 Å². The summed E-state index contributed by atoms with van der Waals surface area (Å²) in [7, 11) is -3.42. The molecule has 6 nitrogen and oxygen atoms in total. The molecule has 2 unspecified atom stereocenters. The molecule has 1 aliphatic rings. The number of aromatic nitrogens is 2. The van der Waals surface area contributed by atoms with Crippen LogP contribution in [0.4, 0.5) is 13.2 Å². The highest BCUT2D eigenvalue weighted by Crippen LogP contribution is 2.41. The van der Waals surface area contributed by atoms with Gasteiger partial charge in [-0.25, -0.2) is 13.4 Å². The molecule has 3 atom stereocenters. The molecule has 13 heteroatoms. The molecule has 3 aromatic rings. The minimum absolute atomic E-state index is 0.153. The van der Waals surface area contributed by atoms with Crippen molar-refractivity contribution in [2.45, 2.75) is 47.0 Å². The normalized spacial score (nSPS) is 20.3. The Balaban J connectivity index is 1.77. The van der Waals surface area contributed by atoms with Crippen molar-refractivity contribution in [3.05, 3.63) is 65.2 Å². The molecule has 1 aliphatic carbocycles. The zero-order chi connectivity index (χ0) is 27.8. The lowest BCUT2D eigenvalue weighted by Gasteiger charge is -2.31. The molecule has 4 rings (SSSR count). The first-order valence-electron chi connectivity index (χ1n) is 11.6. The van der Waals surface area contributed by atoms with Crippen LogP contribution in [0.3, 0.4) is 0 Å². The molecule has 1 fully saturated rings. The minimum atomic E-state index is -4.58. The summed E-state index contributed by atoms with van der Waals surface area (Å²) in [5.74, 6) is -1.17. The molecular weight excluding hydrogens is 586 g/mol. The molecule has 0 radical (unpaired) electrons. The van der Waals surface area contributed by atoms with E-state index in [0.29, 0.717) is 35.5 Å². The third-order valence-electron chi connectivity index (χ3n) is 6.26. The largest absolute Gasteiger partial charge is 0.405 e. The summed E-state index contributed by atoms with van der Waals surface area (Å²) in [6.45, 7) is -1.50. The fraction of sp³-hybridized carbons (Fsp3) is 0.360. The second-order valence-corrected chi connectivity index (χ2v) is 12.7. The van der Waals surface area contributed by atoms with E-state index in [4.69, 9.17) is 34.8 Å². The Morgan fingerprint density at radius 2 is 1.76 bits per heavy atom. The molecule has 0 saturated heterocycles. The van der Waals surface area contributed by atoms with E-state index in [1.54, 1.807) is 30.3 Å². The summed E-state index contributed by atoms with van der Waals surface area (Å²) in [6.07, 6.45) is -0.0395. The van der Waals surface area contributed by atoms with Gasteiger partial charge in [-0.15, -0.1) is 23.2 Å². The van der Waals surface area contributed by atoms with Gasteiger partial charge in [-0.1, -0.05) is 36.2 Å². The summed E-state index contributed by atoms with van der Waals surface area (Å²) in [4.78, 5) is 17.1. The Hall–Kier alpha value is -2.27. The molecule has 0 bridgehead atoms. The van der Waals surface area contributed by atoms with Crippen LogP contribution < -0.4 is 5.32 Å². The Kier molecular flexibility index (Phi) is 8.37. The number of imidazole rings is 1. The van der Waals surface area contributed by atoms with Gasteiger partial charge in [-0.3, -0.25) is 4.79 Å².